The van der Waals surface area contributed by atoms with Crippen LogP contribution in [0.3, 0.4) is 0 Å². The molecular formula is C19H20FNO3S. The van der Waals surface area contributed by atoms with Gasteiger partial charge in [-0.15, -0.1) is 0 Å². The number of amides is 1. The first kappa shape index (κ1) is 17.6. The van der Waals surface area contributed by atoms with Crippen molar-refractivity contribution in [1.82, 2.24) is 4.90 Å². The van der Waals surface area contributed by atoms with Crippen LogP contribution in [0.15, 0.2) is 48.5 Å². The topological polar surface area (TPSA) is 54.5 Å². The molecule has 0 radical (unpaired) electrons. The van der Waals surface area contributed by atoms with E-state index in [4.69, 9.17) is 0 Å². The molecule has 4 nitrogen and oxygen atoms in total. The van der Waals surface area contributed by atoms with Crippen LogP contribution in [-0.2, 0) is 16.4 Å². The smallest absolute Gasteiger partial charge is 0.254 e. The molecule has 1 amide bonds. The van der Waals surface area contributed by atoms with Crippen LogP contribution < -0.4 is 0 Å². The van der Waals surface area contributed by atoms with Gasteiger partial charge in [-0.3, -0.25) is 4.79 Å². The molecule has 2 aromatic carbocycles. The third-order valence-electron chi connectivity index (χ3n) is 4.44. The van der Waals surface area contributed by atoms with Gasteiger partial charge in [0.05, 0.1) is 11.5 Å². The molecule has 1 fully saturated rings. The average Bonchev–Trinajstić information content (AvgIpc) is 2.93. The van der Waals surface area contributed by atoms with E-state index in [1.54, 1.807) is 29.2 Å². The molecule has 0 aliphatic carbocycles. The van der Waals surface area contributed by atoms with Gasteiger partial charge in [-0.2, -0.15) is 0 Å². The third-order valence-corrected chi connectivity index (χ3v) is 6.19. The van der Waals surface area contributed by atoms with Gasteiger partial charge in [0.2, 0.25) is 0 Å². The number of nitrogens with zero attached hydrogens (tertiary/aromatic N) is 1. The van der Waals surface area contributed by atoms with E-state index in [1.165, 1.54) is 12.1 Å². The van der Waals surface area contributed by atoms with Crippen LogP contribution in [0, 0.1) is 12.7 Å². The van der Waals surface area contributed by atoms with E-state index < -0.39 is 9.84 Å². The number of rotatable bonds is 4. The Bertz CT molecular complexity index is 878. The molecule has 25 heavy (non-hydrogen) atoms. The fourth-order valence-corrected chi connectivity index (χ4v) is 4.85. The quantitative estimate of drug-likeness (QED) is 0.841. The van der Waals surface area contributed by atoms with Gasteiger partial charge in [-0.1, -0.05) is 29.8 Å². The van der Waals surface area contributed by atoms with Crippen molar-refractivity contribution in [3.05, 3.63) is 71.0 Å². The molecule has 0 bridgehead atoms. The molecule has 3 rings (SSSR count). The summed E-state index contributed by atoms with van der Waals surface area (Å²) in [6.07, 6.45) is 0.432. The van der Waals surface area contributed by atoms with Crippen molar-refractivity contribution in [3.8, 4) is 0 Å². The second kappa shape index (κ2) is 6.96. The minimum absolute atomic E-state index is 0.0221. The van der Waals surface area contributed by atoms with E-state index in [1.807, 2.05) is 19.1 Å². The summed E-state index contributed by atoms with van der Waals surface area (Å²) in [5.41, 5.74) is 2.27. The summed E-state index contributed by atoms with van der Waals surface area (Å²) in [5.74, 6) is -0.469. The van der Waals surface area contributed by atoms with Crippen molar-refractivity contribution in [2.45, 2.75) is 25.9 Å². The molecule has 132 valence electrons. The van der Waals surface area contributed by atoms with E-state index in [2.05, 4.69) is 0 Å². The van der Waals surface area contributed by atoms with Gasteiger partial charge in [0.25, 0.3) is 5.91 Å². The van der Waals surface area contributed by atoms with E-state index >= 15 is 0 Å². The van der Waals surface area contributed by atoms with Crippen molar-refractivity contribution in [2.24, 2.45) is 0 Å². The van der Waals surface area contributed by atoms with Crippen LogP contribution >= 0.6 is 0 Å². The van der Waals surface area contributed by atoms with E-state index in [0.29, 0.717) is 12.0 Å². The zero-order chi connectivity index (χ0) is 18.0. The lowest BCUT2D eigenvalue weighted by Crippen LogP contribution is -2.40. The molecule has 0 saturated carbocycles. The van der Waals surface area contributed by atoms with Gasteiger partial charge < -0.3 is 4.90 Å². The number of carbonyl (C=O) groups excluding carboxylic acids is 1. The first-order valence-corrected chi connectivity index (χ1v) is 9.99. The Balaban J connectivity index is 1.91. The van der Waals surface area contributed by atoms with Crippen LogP contribution in [0.25, 0.3) is 0 Å². The fraction of sp³-hybridized carbons (Fsp3) is 0.316. The fourth-order valence-electron chi connectivity index (χ4n) is 3.12. The number of halogens is 1. The molecule has 1 heterocycles. The van der Waals surface area contributed by atoms with Gasteiger partial charge >= 0.3 is 0 Å². The molecular weight excluding hydrogens is 341 g/mol. The van der Waals surface area contributed by atoms with Crippen molar-refractivity contribution >= 4 is 15.7 Å². The summed E-state index contributed by atoms with van der Waals surface area (Å²) in [6.45, 7) is 2.16. The number of carbonyl (C=O) groups is 1. The standard InChI is InChI=1S/C19H20FNO3S/c1-14-3-2-4-16(11-14)19(22)21(18-9-10-25(23,24)13-18)12-15-5-7-17(20)8-6-15/h2-8,11,18H,9-10,12-13H2,1H3. The lowest BCUT2D eigenvalue weighted by atomic mass is 10.1. The lowest BCUT2D eigenvalue weighted by Gasteiger charge is -2.28. The van der Waals surface area contributed by atoms with Crippen molar-refractivity contribution < 1.29 is 17.6 Å². The first-order chi connectivity index (χ1) is 11.8. The molecule has 1 atom stereocenters. The van der Waals surface area contributed by atoms with E-state index in [-0.39, 0.29) is 35.8 Å². The maximum Gasteiger partial charge on any atom is 0.254 e. The number of benzene rings is 2. The number of aryl methyl sites for hydroxylation is 1. The Hall–Kier alpha value is -2.21. The van der Waals surface area contributed by atoms with E-state index in [0.717, 1.165) is 11.1 Å². The highest BCUT2D eigenvalue weighted by atomic mass is 32.2. The number of hydrogen-bond acceptors (Lipinski definition) is 3. The van der Waals surface area contributed by atoms with Crippen LogP contribution in [0.5, 0.6) is 0 Å². The zero-order valence-electron chi connectivity index (χ0n) is 14.0. The summed E-state index contributed by atoms with van der Waals surface area (Å²) in [7, 11) is -3.12. The van der Waals surface area contributed by atoms with Crippen molar-refractivity contribution in [1.29, 1.82) is 0 Å². The highest BCUT2D eigenvalue weighted by Crippen LogP contribution is 2.23. The summed E-state index contributed by atoms with van der Waals surface area (Å²) < 4.78 is 36.9. The Morgan fingerprint density at radius 2 is 1.92 bits per heavy atom. The van der Waals surface area contributed by atoms with Gasteiger partial charge in [-0.05, 0) is 43.2 Å². The van der Waals surface area contributed by atoms with Crippen LogP contribution in [0.2, 0.25) is 0 Å². The van der Waals surface area contributed by atoms with Crippen molar-refractivity contribution in [3.63, 3.8) is 0 Å². The Morgan fingerprint density at radius 3 is 2.52 bits per heavy atom. The average molecular weight is 361 g/mol. The Labute approximate surface area is 147 Å². The summed E-state index contributed by atoms with van der Waals surface area (Å²) in [6, 6.07) is 12.8. The molecule has 2 aromatic rings. The summed E-state index contributed by atoms with van der Waals surface area (Å²) in [4.78, 5) is 14.6. The summed E-state index contributed by atoms with van der Waals surface area (Å²) >= 11 is 0. The normalized spacial score (nSPS) is 18.9. The third kappa shape index (κ3) is 4.25. The molecule has 0 aromatic heterocycles. The zero-order valence-corrected chi connectivity index (χ0v) is 14.8. The van der Waals surface area contributed by atoms with E-state index in [9.17, 15) is 17.6 Å². The lowest BCUT2D eigenvalue weighted by molar-refractivity contribution is 0.0681. The van der Waals surface area contributed by atoms with Crippen LogP contribution in [0.4, 0.5) is 4.39 Å². The monoisotopic (exact) mass is 361 g/mol. The second-order valence-electron chi connectivity index (χ2n) is 6.49. The first-order valence-electron chi connectivity index (χ1n) is 8.16. The predicted octanol–water partition coefficient (Wildman–Crippen LogP) is 2.96. The number of hydrogen-bond donors (Lipinski definition) is 0. The molecule has 0 spiro atoms. The Kier molecular flexibility index (Phi) is 4.90. The minimum Gasteiger partial charge on any atom is -0.330 e. The molecule has 1 unspecified atom stereocenters. The van der Waals surface area contributed by atoms with Gasteiger partial charge in [0, 0.05) is 18.2 Å². The number of sulfone groups is 1. The van der Waals surface area contributed by atoms with Gasteiger partial charge in [0.15, 0.2) is 9.84 Å². The maximum absolute atomic E-state index is 13.1. The minimum atomic E-state index is -3.12. The summed E-state index contributed by atoms with van der Waals surface area (Å²) in [5, 5.41) is 0. The Morgan fingerprint density at radius 1 is 1.20 bits per heavy atom. The molecule has 6 heteroatoms. The molecule has 1 aliphatic heterocycles. The largest absolute Gasteiger partial charge is 0.330 e. The predicted molar refractivity (Wildman–Crippen MR) is 94.5 cm³/mol. The van der Waals surface area contributed by atoms with Crippen LogP contribution in [0.1, 0.15) is 27.9 Å². The highest BCUT2D eigenvalue weighted by molar-refractivity contribution is 7.91. The van der Waals surface area contributed by atoms with Gasteiger partial charge in [0.1, 0.15) is 5.82 Å². The maximum atomic E-state index is 13.1. The second-order valence-corrected chi connectivity index (χ2v) is 8.71. The van der Waals surface area contributed by atoms with Crippen LogP contribution in [-0.4, -0.2) is 36.8 Å². The molecule has 1 aliphatic rings. The highest BCUT2D eigenvalue weighted by Gasteiger charge is 2.35. The van der Waals surface area contributed by atoms with Crippen molar-refractivity contribution in [2.75, 3.05) is 11.5 Å². The molecule has 0 N–H and O–H groups in total. The SMILES string of the molecule is Cc1cccc(C(=O)N(Cc2ccc(F)cc2)C2CCS(=O)(=O)C2)c1. The molecule has 1 saturated heterocycles. The van der Waals surface area contributed by atoms with Gasteiger partial charge in [-0.25, -0.2) is 12.8 Å².